The van der Waals surface area contributed by atoms with Crippen molar-refractivity contribution in [2.75, 3.05) is 16.8 Å². The predicted molar refractivity (Wildman–Crippen MR) is 153 cm³/mol. The van der Waals surface area contributed by atoms with Gasteiger partial charge in [0.2, 0.25) is 11.8 Å². The summed E-state index contributed by atoms with van der Waals surface area (Å²) in [6, 6.07) is 26.0. The number of anilines is 2. The van der Waals surface area contributed by atoms with Gasteiger partial charge in [-0.1, -0.05) is 66.7 Å². The molecule has 10 heteroatoms. The highest BCUT2D eigenvalue weighted by Gasteiger charge is 2.61. The second-order valence-electron chi connectivity index (χ2n) is 11.0. The number of nitrogens with zero attached hydrogens (tertiary/aromatic N) is 1. The van der Waals surface area contributed by atoms with Crippen LogP contribution in [0.15, 0.2) is 97.1 Å². The maximum Gasteiger partial charge on any atom is 0.418 e. The Balaban J connectivity index is 1.11. The molecule has 8 rings (SSSR count). The Labute approximate surface area is 249 Å². The average Bonchev–Trinajstić information content (AvgIpc) is 3.29. The number of para-hydroxylation sites is 1. The molecule has 2 bridgehead atoms. The number of ether oxygens (including phenoxy) is 1. The summed E-state index contributed by atoms with van der Waals surface area (Å²) in [6.45, 7) is -0.846. The maximum atomic E-state index is 14.0. The van der Waals surface area contributed by atoms with E-state index in [0.29, 0.717) is 0 Å². The molecule has 1 N–H and O–H groups in total. The van der Waals surface area contributed by atoms with Gasteiger partial charge in [-0.05, 0) is 52.6 Å². The lowest BCUT2D eigenvalue weighted by molar-refractivity contribution is -0.137. The summed E-state index contributed by atoms with van der Waals surface area (Å²) >= 11 is 0. The molecule has 3 aliphatic carbocycles. The van der Waals surface area contributed by atoms with Crippen molar-refractivity contribution in [3.8, 4) is 0 Å². The molecule has 44 heavy (non-hydrogen) atoms. The van der Waals surface area contributed by atoms with Gasteiger partial charge in [-0.2, -0.15) is 13.2 Å². The number of hydrogen-bond donors (Lipinski definition) is 1. The molecule has 0 aromatic heterocycles. The molecule has 1 aliphatic heterocycles. The molecule has 0 spiro atoms. The van der Waals surface area contributed by atoms with Gasteiger partial charge in [0, 0.05) is 11.8 Å². The third kappa shape index (κ3) is 4.28. The van der Waals surface area contributed by atoms with E-state index in [9.17, 15) is 32.3 Å². The van der Waals surface area contributed by atoms with Crippen LogP contribution >= 0.6 is 0 Å². The van der Waals surface area contributed by atoms with Crippen LogP contribution in [0.2, 0.25) is 0 Å². The van der Waals surface area contributed by atoms with Crippen molar-refractivity contribution in [2.24, 2.45) is 11.8 Å². The number of halogens is 3. The van der Waals surface area contributed by atoms with E-state index in [1.54, 1.807) is 6.07 Å². The van der Waals surface area contributed by atoms with Crippen molar-refractivity contribution >= 4 is 35.1 Å². The van der Waals surface area contributed by atoms with Crippen molar-refractivity contribution in [2.45, 2.75) is 18.0 Å². The van der Waals surface area contributed by atoms with E-state index >= 15 is 0 Å². The molecule has 0 unspecified atom stereocenters. The second-order valence-corrected chi connectivity index (χ2v) is 11.0. The van der Waals surface area contributed by atoms with Crippen LogP contribution < -0.4 is 10.2 Å². The average molecular weight is 597 g/mol. The first-order chi connectivity index (χ1) is 21.1. The van der Waals surface area contributed by atoms with E-state index in [1.165, 1.54) is 30.3 Å². The number of rotatable bonds is 5. The van der Waals surface area contributed by atoms with Crippen molar-refractivity contribution in [3.63, 3.8) is 0 Å². The first-order valence-corrected chi connectivity index (χ1v) is 13.9. The van der Waals surface area contributed by atoms with Crippen LogP contribution in [-0.2, 0) is 25.3 Å². The summed E-state index contributed by atoms with van der Waals surface area (Å²) in [4.78, 5) is 54.3. The largest absolute Gasteiger partial charge is 0.452 e. The highest BCUT2D eigenvalue weighted by molar-refractivity contribution is 6.23. The van der Waals surface area contributed by atoms with Gasteiger partial charge in [0.15, 0.2) is 6.61 Å². The normalized spacial score (nSPS) is 21.4. The first-order valence-electron chi connectivity index (χ1n) is 13.9. The zero-order valence-electron chi connectivity index (χ0n) is 22.9. The smallest absolute Gasteiger partial charge is 0.418 e. The van der Waals surface area contributed by atoms with Gasteiger partial charge in [-0.3, -0.25) is 14.4 Å². The van der Waals surface area contributed by atoms with Crippen molar-refractivity contribution in [1.82, 2.24) is 0 Å². The molecule has 0 saturated carbocycles. The lowest BCUT2D eigenvalue weighted by Gasteiger charge is -2.45. The van der Waals surface area contributed by atoms with E-state index in [-0.39, 0.29) is 34.9 Å². The van der Waals surface area contributed by atoms with Crippen LogP contribution in [-0.4, -0.2) is 30.3 Å². The molecule has 4 aromatic rings. The Hall–Kier alpha value is -5.25. The summed E-state index contributed by atoms with van der Waals surface area (Å²) < 4.78 is 44.8. The molecule has 2 atom stereocenters. The molecule has 1 fully saturated rings. The van der Waals surface area contributed by atoms with Crippen molar-refractivity contribution < 1.29 is 37.1 Å². The third-order valence-corrected chi connectivity index (χ3v) is 8.63. The lowest BCUT2D eigenvalue weighted by Crippen LogP contribution is -2.41. The van der Waals surface area contributed by atoms with Crippen LogP contribution in [0, 0.1) is 11.8 Å². The number of esters is 1. The number of carbonyl (C=O) groups excluding carboxylic acids is 4. The summed E-state index contributed by atoms with van der Waals surface area (Å²) in [5, 5.41) is 2.12. The molecule has 220 valence electrons. The summed E-state index contributed by atoms with van der Waals surface area (Å²) in [5.41, 5.74) is 2.81. The molecular formula is C34H23F3N2O5. The van der Waals surface area contributed by atoms with Crippen molar-refractivity contribution in [3.05, 3.63) is 130 Å². The Kier molecular flexibility index (Phi) is 6.38. The Morgan fingerprint density at radius 2 is 1.25 bits per heavy atom. The molecule has 7 nitrogen and oxygen atoms in total. The first kappa shape index (κ1) is 27.6. The minimum absolute atomic E-state index is 0.0315. The number of alkyl halides is 3. The monoisotopic (exact) mass is 596 g/mol. The van der Waals surface area contributed by atoms with Gasteiger partial charge in [-0.25, -0.2) is 9.69 Å². The zero-order chi connectivity index (χ0) is 30.7. The number of benzene rings is 4. The molecular weight excluding hydrogens is 573 g/mol. The van der Waals surface area contributed by atoms with Crippen LogP contribution in [0.3, 0.4) is 0 Å². The molecule has 0 radical (unpaired) electrons. The fraction of sp³-hybridized carbons (Fsp3) is 0.176. The number of imide groups is 1. The van der Waals surface area contributed by atoms with E-state index < -0.39 is 47.7 Å². The van der Waals surface area contributed by atoms with Gasteiger partial charge in [0.1, 0.15) is 0 Å². The fourth-order valence-electron chi connectivity index (χ4n) is 6.94. The van der Waals surface area contributed by atoms with Crippen LogP contribution in [0.1, 0.15) is 50.0 Å². The number of carbonyl (C=O) groups is 4. The quantitative estimate of drug-likeness (QED) is 0.229. The number of hydrogen-bond acceptors (Lipinski definition) is 5. The second kappa shape index (κ2) is 10.2. The topological polar surface area (TPSA) is 92.8 Å². The van der Waals surface area contributed by atoms with E-state index in [1.807, 2.05) is 48.5 Å². The predicted octanol–water partition coefficient (Wildman–Crippen LogP) is 5.90. The Morgan fingerprint density at radius 3 is 1.80 bits per heavy atom. The molecule has 4 aliphatic rings. The fourth-order valence-corrected chi connectivity index (χ4v) is 6.94. The summed E-state index contributed by atoms with van der Waals surface area (Å²) in [7, 11) is 0. The Bertz CT molecular complexity index is 1750. The van der Waals surface area contributed by atoms with E-state index in [0.717, 1.165) is 39.3 Å². The highest BCUT2D eigenvalue weighted by atomic mass is 19.4. The van der Waals surface area contributed by atoms with Gasteiger partial charge in [-0.15, -0.1) is 0 Å². The van der Waals surface area contributed by atoms with Gasteiger partial charge in [0.05, 0.1) is 34.3 Å². The SMILES string of the molecule is O=C(COC(=O)c1cccc(N2C(=O)[C@@H]3C4c5ccccc5C(c5ccccc54)[C@H]3C2=O)c1)Nc1ccccc1C(F)(F)F. The molecule has 1 heterocycles. The zero-order valence-corrected chi connectivity index (χ0v) is 22.9. The standard InChI is InChI=1S/C34H23F3N2O5/c35-34(36,37)24-14-5-6-15-25(24)38-26(40)17-44-33(43)18-8-7-9-19(16-18)39-31(41)29-27-20-10-1-2-11-21(20)28(30(29)32(39)42)23-13-4-3-12-22(23)27/h1-16,27-30H,17H2,(H,38,40)/t27?,28?,29-,30-/m1/s1. The van der Waals surface area contributed by atoms with Gasteiger partial charge < -0.3 is 10.1 Å². The van der Waals surface area contributed by atoms with Gasteiger partial charge >= 0.3 is 12.1 Å². The van der Waals surface area contributed by atoms with Crippen LogP contribution in [0.25, 0.3) is 0 Å². The molecule has 1 saturated heterocycles. The third-order valence-electron chi connectivity index (χ3n) is 8.63. The summed E-state index contributed by atoms with van der Waals surface area (Å²) in [6.07, 6.45) is -4.69. The number of nitrogens with one attached hydrogen (secondary N) is 1. The van der Waals surface area contributed by atoms with Gasteiger partial charge in [0.25, 0.3) is 5.91 Å². The molecule has 3 amide bonds. The highest BCUT2D eigenvalue weighted by Crippen LogP contribution is 2.61. The number of amides is 3. The Morgan fingerprint density at radius 1 is 0.727 bits per heavy atom. The minimum atomic E-state index is -4.69. The molecule has 4 aromatic carbocycles. The summed E-state index contributed by atoms with van der Waals surface area (Å²) in [5.74, 6) is -4.38. The van der Waals surface area contributed by atoms with E-state index in [2.05, 4.69) is 5.32 Å². The van der Waals surface area contributed by atoms with Crippen molar-refractivity contribution in [1.29, 1.82) is 0 Å². The van der Waals surface area contributed by atoms with Crippen LogP contribution in [0.5, 0.6) is 0 Å². The van der Waals surface area contributed by atoms with Crippen LogP contribution in [0.4, 0.5) is 24.5 Å². The minimum Gasteiger partial charge on any atom is -0.452 e. The van der Waals surface area contributed by atoms with E-state index in [4.69, 9.17) is 4.74 Å². The maximum absolute atomic E-state index is 14.0. The lowest BCUT2D eigenvalue weighted by atomic mass is 9.55.